The molecule has 0 aliphatic heterocycles. The van der Waals surface area contributed by atoms with Crippen LogP contribution in [-0.2, 0) is 17.5 Å². The third-order valence-corrected chi connectivity index (χ3v) is 3.84. The number of benzene rings is 2. The maximum absolute atomic E-state index is 12.7. The van der Waals surface area contributed by atoms with Crippen LogP contribution in [0.4, 0.5) is 18.9 Å². The second-order valence-corrected chi connectivity index (χ2v) is 5.79. The highest BCUT2D eigenvalue weighted by atomic mass is 19.4. The Morgan fingerprint density at radius 3 is 2.39 bits per heavy atom. The van der Waals surface area contributed by atoms with E-state index in [9.17, 15) is 32.7 Å². The van der Waals surface area contributed by atoms with Crippen LogP contribution < -0.4 is 10.9 Å². The summed E-state index contributed by atoms with van der Waals surface area (Å²) in [6.07, 6.45) is -4.58. The lowest BCUT2D eigenvalue weighted by Crippen LogP contribution is -2.31. The number of rotatable bonds is 4. The van der Waals surface area contributed by atoms with E-state index in [4.69, 9.17) is 0 Å². The van der Waals surface area contributed by atoms with Gasteiger partial charge in [0, 0.05) is 11.1 Å². The third-order valence-electron chi connectivity index (χ3n) is 3.84. The summed E-state index contributed by atoms with van der Waals surface area (Å²) in [6, 6.07) is 9.87. The number of carbonyl (C=O) groups is 2. The largest absolute Gasteiger partial charge is 0.476 e. The molecule has 0 atom stereocenters. The highest BCUT2D eigenvalue weighted by molar-refractivity contribution is 6.01. The van der Waals surface area contributed by atoms with Crippen molar-refractivity contribution in [2.75, 3.05) is 5.32 Å². The number of hydrogen-bond acceptors (Lipinski definition) is 4. The average Bonchev–Trinajstić information content (AvgIpc) is 2.63. The summed E-state index contributed by atoms with van der Waals surface area (Å²) in [6.45, 7) is -0.666. The van der Waals surface area contributed by atoms with E-state index in [1.54, 1.807) is 6.07 Å². The molecule has 0 aliphatic carbocycles. The molecule has 3 rings (SSSR count). The van der Waals surface area contributed by atoms with Gasteiger partial charge in [-0.1, -0.05) is 24.3 Å². The van der Waals surface area contributed by atoms with Gasteiger partial charge in [0.2, 0.25) is 5.91 Å². The van der Waals surface area contributed by atoms with Crippen LogP contribution in [0.15, 0.2) is 53.3 Å². The number of fused-ring (bicyclic) bond motifs is 1. The highest BCUT2D eigenvalue weighted by Gasteiger charge is 2.30. The highest BCUT2D eigenvalue weighted by Crippen LogP contribution is 2.30. The maximum atomic E-state index is 12.7. The predicted octanol–water partition coefficient (Wildman–Crippen LogP) is 2.75. The van der Waals surface area contributed by atoms with E-state index < -0.39 is 41.4 Å². The molecule has 1 heterocycles. The third kappa shape index (κ3) is 3.85. The van der Waals surface area contributed by atoms with Gasteiger partial charge in [-0.2, -0.15) is 18.3 Å². The number of halogens is 3. The molecule has 10 heteroatoms. The average molecular weight is 391 g/mol. The van der Waals surface area contributed by atoms with E-state index in [1.807, 2.05) is 0 Å². The fraction of sp³-hybridized carbons (Fsp3) is 0.111. The topological polar surface area (TPSA) is 101 Å². The molecule has 7 nitrogen and oxygen atoms in total. The van der Waals surface area contributed by atoms with Gasteiger partial charge in [-0.15, -0.1) is 0 Å². The van der Waals surface area contributed by atoms with E-state index in [1.165, 1.54) is 24.3 Å². The zero-order chi connectivity index (χ0) is 20.5. The molecule has 0 fully saturated rings. The Balaban J connectivity index is 1.91. The first-order chi connectivity index (χ1) is 13.2. The van der Waals surface area contributed by atoms with Crippen LogP contribution in [0.2, 0.25) is 0 Å². The first-order valence-electron chi connectivity index (χ1n) is 7.87. The predicted molar refractivity (Wildman–Crippen MR) is 93.0 cm³/mol. The molecule has 1 aromatic heterocycles. The molecule has 28 heavy (non-hydrogen) atoms. The Morgan fingerprint density at radius 1 is 1.07 bits per heavy atom. The van der Waals surface area contributed by atoms with Crippen LogP contribution in [0.5, 0.6) is 0 Å². The number of alkyl halides is 3. The minimum absolute atomic E-state index is 0.0572. The number of anilines is 1. The van der Waals surface area contributed by atoms with Gasteiger partial charge in [-0.05, 0) is 24.3 Å². The quantitative estimate of drug-likeness (QED) is 0.712. The summed E-state index contributed by atoms with van der Waals surface area (Å²) in [5, 5.41) is 15.4. The van der Waals surface area contributed by atoms with E-state index in [2.05, 4.69) is 10.4 Å². The summed E-state index contributed by atoms with van der Waals surface area (Å²) in [7, 11) is 0. The van der Waals surface area contributed by atoms with E-state index in [0.29, 0.717) is 4.68 Å². The Morgan fingerprint density at radius 2 is 1.75 bits per heavy atom. The fourth-order valence-electron chi connectivity index (χ4n) is 2.61. The van der Waals surface area contributed by atoms with Gasteiger partial charge in [0.25, 0.3) is 5.56 Å². The molecular formula is C18H12F3N3O4. The summed E-state index contributed by atoms with van der Waals surface area (Å²) >= 11 is 0. The molecule has 0 unspecified atom stereocenters. The molecule has 1 amide bonds. The van der Waals surface area contributed by atoms with Crippen LogP contribution >= 0.6 is 0 Å². The number of aromatic nitrogens is 2. The number of carbonyl (C=O) groups excluding carboxylic acids is 1. The maximum Gasteiger partial charge on any atom is 0.416 e. The number of nitrogens with zero attached hydrogens (tertiary/aromatic N) is 2. The number of nitrogens with one attached hydrogen (secondary N) is 1. The van der Waals surface area contributed by atoms with Crippen molar-refractivity contribution in [3.63, 3.8) is 0 Å². The molecule has 144 valence electrons. The van der Waals surface area contributed by atoms with Gasteiger partial charge < -0.3 is 10.4 Å². The van der Waals surface area contributed by atoms with Crippen molar-refractivity contribution in [3.05, 3.63) is 70.1 Å². The van der Waals surface area contributed by atoms with Crippen molar-refractivity contribution in [1.82, 2.24) is 9.78 Å². The van der Waals surface area contributed by atoms with E-state index >= 15 is 0 Å². The van der Waals surface area contributed by atoms with Crippen molar-refractivity contribution >= 4 is 28.3 Å². The summed E-state index contributed by atoms with van der Waals surface area (Å²) in [5.74, 6) is -2.22. The second-order valence-electron chi connectivity index (χ2n) is 5.79. The zero-order valence-electron chi connectivity index (χ0n) is 14.0. The van der Waals surface area contributed by atoms with Crippen molar-refractivity contribution < 1.29 is 27.9 Å². The smallest absolute Gasteiger partial charge is 0.416 e. The van der Waals surface area contributed by atoms with Crippen LogP contribution in [0, 0.1) is 0 Å². The molecule has 0 spiro atoms. The molecule has 0 saturated heterocycles. The number of carboxylic acids is 1. The zero-order valence-corrected chi connectivity index (χ0v) is 14.0. The molecule has 0 aliphatic rings. The van der Waals surface area contributed by atoms with Crippen LogP contribution in [0.3, 0.4) is 0 Å². The van der Waals surface area contributed by atoms with Gasteiger partial charge in [-0.25, -0.2) is 9.48 Å². The van der Waals surface area contributed by atoms with Crippen molar-refractivity contribution in [3.8, 4) is 0 Å². The van der Waals surface area contributed by atoms with E-state index in [0.717, 1.165) is 18.2 Å². The molecule has 2 N–H and O–H groups in total. The van der Waals surface area contributed by atoms with Gasteiger partial charge >= 0.3 is 12.1 Å². The monoisotopic (exact) mass is 391 g/mol. The fourth-order valence-corrected chi connectivity index (χ4v) is 2.61. The normalized spacial score (nSPS) is 11.4. The minimum Gasteiger partial charge on any atom is -0.476 e. The molecule has 3 aromatic rings. The lowest BCUT2D eigenvalue weighted by atomic mass is 10.1. The van der Waals surface area contributed by atoms with Gasteiger partial charge in [0.15, 0.2) is 5.69 Å². The second kappa shape index (κ2) is 7.14. The first-order valence-corrected chi connectivity index (χ1v) is 7.87. The molecule has 0 saturated carbocycles. The molecule has 2 aromatic carbocycles. The molecule has 0 radical (unpaired) electrons. The minimum atomic E-state index is -4.58. The first kappa shape index (κ1) is 19.1. The molecular weight excluding hydrogens is 379 g/mol. The summed E-state index contributed by atoms with van der Waals surface area (Å²) < 4.78 is 38.9. The Hall–Kier alpha value is -3.69. The lowest BCUT2D eigenvalue weighted by molar-refractivity contribution is -0.137. The van der Waals surface area contributed by atoms with Gasteiger partial charge in [0.05, 0.1) is 10.9 Å². The Labute approximate surface area is 155 Å². The van der Waals surface area contributed by atoms with Crippen LogP contribution in [0.25, 0.3) is 10.8 Å². The van der Waals surface area contributed by atoms with Crippen molar-refractivity contribution in [2.24, 2.45) is 0 Å². The number of aromatic carboxylic acids is 1. The number of amides is 1. The molecule has 0 bridgehead atoms. The number of carboxylic acid groups (broad SMARTS) is 1. The summed E-state index contributed by atoms with van der Waals surface area (Å²) in [4.78, 5) is 36.0. The summed E-state index contributed by atoms with van der Waals surface area (Å²) in [5.41, 5.74) is -2.17. The van der Waals surface area contributed by atoms with E-state index in [-0.39, 0.29) is 16.5 Å². The standard InChI is InChI=1S/C18H12F3N3O4/c19-18(20,21)10-4-3-5-11(8-10)22-14(25)9-24-16(26)13-7-2-1-6-12(13)15(23-24)17(27)28/h1-8H,9H2,(H,22,25)(H,27,28). The SMILES string of the molecule is O=C(Cn1nc(C(=O)O)c2ccccc2c1=O)Nc1cccc(C(F)(F)F)c1. The lowest BCUT2D eigenvalue weighted by Gasteiger charge is -2.11. The Bertz CT molecular complexity index is 1140. The van der Waals surface area contributed by atoms with Gasteiger partial charge in [-0.3, -0.25) is 9.59 Å². The van der Waals surface area contributed by atoms with Gasteiger partial charge in [0.1, 0.15) is 6.54 Å². The Kier molecular flexibility index (Phi) is 4.87. The van der Waals surface area contributed by atoms with Crippen molar-refractivity contribution in [2.45, 2.75) is 12.7 Å². The van der Waals surface area contributed by atoms with Crippen LogP contribution in [0.1, 0.15) is 16.1 Å². The van der Waals surface area contributed by atoms with Crippen molar-refractivity contribution in [1.29, 1.82) is 0 Å². The number of hydrogen-bond donors (Lipinski definition) is 2. The van der Waals surface area contributed by atoms with Crippen LogP contribution in [-0.4, -0.2) is 26.8 Å².